The Balaban J connectivity index is 1.94. The molecule has 1 fully saturated rings. The molecule has 5 heteroatoms. The Morgan fingerprint density at radius 1 is 1.41 bits per heavy atom. The summed E-state index contributed by atoms with van der Waals surface area (Å²) in [5, 5.41) is 7.36. The number of aromatic nitrogens is 3. The zero-order valence-electron chi connectivity index (χ0n) is 10.5. The van der Waals surface area contributed by atoms with Gasteiger partial charge in [0.05, 0.1) is 6.04 Å². The third-order valence-electron chi connectivity index (χ3n) is 3.48. The standard InChI is InChI=1S/C12H22N4S/c1-17-8-7-10(13)12-14-11(15-16-12)9-5-3-2-4-6-9/h9-10H,2-8,13H2,1H3,(H,14,15,16)/t10-/m1/s1. The number of thioether (sulfide) groups is 1. The van der Waals surface area contributed by atoms with E-state index in [1.165, 1.54) is 32.1 Å². The zero-order chi connectivity index (χ0) is 12.1. The molecule has 3 N–H and O–H groups in total. The van der Waals surface area contributed by atoms with Crippen LogP contribution in [0.4, 0.5) is 0 Å². The van der Waals surface area contributed by atoms with E-state index in [2.05, 4.69) is 21.4 Å². The molecule has 0 aromatic carbocycles. The highest BCUT2D eigenvalue weighted by molar-refractivity contribution is 7.98. The van der Waals surface area contributed by atoms with Gasteiger partial charge in [0, 0.05) is 5.92 Å². The third kappa shape index (κ3) is 3.45. The largest absolute Gasteiger partial charge is 0.321 e. The second kappa shape index (κ2) is 6.40. The van der Waals surface area contributed by atoms with E-state index in [0.717, 1.165) is 23.8 Å². The maximum Gasteiger partial charge on any atom is 0.167 e. The number of nitrogens with zero attached hydrogens (tertiary/aromatic N) is 2. The van der Waals surface area contributed by atoms with Crippen molar-refractivity contribution < 1.29 is 0 Å². The number of hydrogen-bond donors (Lipinski definition) is 2. The van der Waals surface area contributed by atoms with Gasteiger partial charge in [0.1, 0.15) is 5.82 Å². The normalized spacial score (nSPS) is 19.4. The van der Waals surface area contributed by atoms with Crippen LogP contribution >= 0.6 is 11.8 Å². The molecule has 0 bridgehead atoms. The summed E-state index contributed by atoms with van der Waals surface area (Å²) in [5.41, 5.74) is 6.07. The van der Waals surface area contributed by atoms with Crippen LogP contribution < -0.4 is 5.73 Å². The molecular formula is C12H22N4S. The minimum Gasteiger partial charge on any atom is -0.321 e. The molecule has 1 saturated carbocycles. The molecule has 1 aromatic rings. The quantitative estimate of drug-likeness (QED) is 0.847. The van der Waals surface area contributed by atoms with Gasteiger partial charge in [-0.25, -0.2) is 4.98 Å². The predicted molar refractivity (Wildman–Crippen MR) is 72.1 cm³/mol. The van der Waals surface area contributed by atoms with Crippen LogP contribution in [-0.2, 0) is 0 Å². The molecule has 0 aliphatic heterocycles. The molecule has 96 valence electrons. The van der Waals surface area contributed by atoms with Crippen molar-refractivity contribution in [1.82, 2.24) is 15.2 Å². The van der Waals surface area contributed by atoms with Gasteiger partial charge in [-0.1, -0.05) is 19.3 Å². The summed E-state index contributed by atoms with van der Waals surface area (Å²) in [7, 11) is 0. The van der Waals surface area contributed by atoms with Gasteiger partial charge >= 0.3 is 0 Å². The lowest BCUT2D eigenvalue weighted by atomic mass is 9.89. The number of rotatable bonds is 5. The maximum atomic E-state index is 6.07. The molecule has 0 spiro atoms. The first-order valence-electron chi connectivity index (χ1n) is 6.48. The van der Waals surface area contributed by atoms with Gasteiger partial charge in [0.2, 0.25) is 0 Å². The molecule has 17 heavy (non-hydrogen) atoms. The fourth-order valence-corrected chi connectivity index (χ4v) is 2.88. The minimum atomic E-state index is -0.0176. The molecule has 1 atom stereocenters. The monoisotopic (exact) mass is 254 g/mol. The van der Waals surface area contributed by atoms with Crippen molar-refractivity contribution in [3.63, 3.8) is 0 Å². The molecule has 0 amide bonds. The lowest BCUT2D eigenvalue weighted by Crippen LogP contribution is -2.13. The van der Waals surface area contributed by atoms with Gasteiger partial charge in [0.15, 0.2) is 5.82 Å². The molecule has 1 aliphatic carbocycles. The summed E-state index contributed by atoms with van der Waals surface area (Å²) >= 11 is 1.81. The number of nitrogens with two attached hydrogens (primary N) is 1. The summed E-state index contributed by atoms with van der Waals surface area (Å²) in [6.45, 7) is 0. The Labute approximate surface area is 107 Å². The van der Waals surface area contributed by atoms with E-state index in [1.54, 1.807) is 0 Å². The highest BCUT2D eigenvalue weighted by Crippen LogP contribution is 2.30. The van der Waals surface area contributed by atoms with E-state index in [9.17, 15) is 0 Å². The van der Waals surface area contributed by atoms with Crippen LogP contribution in [-0.4, -0.2) is 27.2 Å². The summed E-state index contributed by atoms with van der Waals surface area (Å²) in [5.74, 6) is 3.49. The third-order valence-corrected chi connectivity index (χ3v) is 4.12. The highest BCUT2D eigenvalue weighted by atomic mass is 32.2. The molecule has 0 unspecified atom stereocenters. The van der Waals surface area contributed by atoms with Crippen LogP contribution in [0.2, 0.25) is 0 Å². The van der Waals surface area contributed by atoms with Crippen molar-refractivity contribution in [2.75, 3.05) is 12.0 Å². The maximum absolute atomic E-state index is 6.07. The van der Waals surface area contributed by atoms with Crippen LogP contribution in [0.1, 0.15) is 62.1 Å². The lowest BCUT2D eigenvalue weighted by molar-refractivity contribution is 0.429. The number of hydrogen-bond acceptors (Lipinski definition) is 4. The van der Waals surface area contributed by atoms with Gasteiger partial charge in [-0.15, -0.1) is 0 Å². The average Bonchev–Trinajstić information content (AvgIpc) is 2.86. The fraction of sp³-hybridized carbons (Fsp3) is 0.833. The van der Waals surface area contributed by atoms with Crippen molar-refractivity contribution >= 4 is 11.8 Å². The van der Waals surface area contributed by atoms with Crippen molar-refractivity contribution in [3.05, 3.63) is 11.6 Å². The summed E-state index contributed by atoms with van der Waals surface area (Å²) in [4.78, 5) is 4.59. The van der Waals surface area contributed by atoms with Gasteiger partial charge in [-0.05, 0) is 31.3 Å². The van der Waals surface area contributed by atoms with Crippen LogP contribution in [0, 0.1) is 0 Å². The van der Waals surface area contributed by atoms with Crippen molar-refractivity contribution in [3.8, 4) is 0 Å². The molecule has 1 aliphatic rings. The highest BCUT2D eigenvalue weighted by Gasteiger charge is 2.20. The van der Waals surface area contributed by atoms with E-state index in [4.69, 9.17) is 5.73 Å². The number of aromatic amines is 1. The second-order valence-electron chi connectivity index (χ2n) is 4.80. The SMILES string of the molecule is CSCC[C@@H](N)c1n[nH]c(C2CCCCC2)n1. The minimum absolute atomic E-state index is 0.0176. The Morgan fingerprint density at radius 2 is 2.18 bits per heavy atom. The molecular weight excluding hydrogens is 232 g/mol. The average molecular weight is 254 g/mol. The van der Waals surface area contributed by atoms with E-state index in [-0.39, 0.29) is 6.04 Å². The van der Waals surface area contributed by atoms with Crippen LogP contribution in [0.5, 0.6) is 0 Å². The fourth-order valence-electron chi connectivity index (χ4n) is 2.39. The second-order valence-corrected chi connectivity index (χ2v) is 5.79. The molecule has 1 aromatic heterocycles. The van der Waals surface area contributed by atoms with E-state index < -0.39 is 0 Å². The van der Waals surface area contributed by atoms with Crippen LogP contribution in [0.25, 0.3) is 0 Å². The van der Waals surface area contributed by atoms with Gasteiger partial charge in [-0.3, -0.25) is 5.10 Å². The molecule has 4 nitrogen and oxygen atoms in total. The lowest BCUT2D eigenvalue weighted by Gasteiger charge is -2.18. The van der Waals surface area contributed by atoms with Crippen LogP contribution in [0.15, 0.2) is 0 Å². The summed E-state index contributed by atoms with van der Waals surface area (Å²) in [6, 6.07) is -0.0176. The smallest absolute Gasteiger partial charge is 0.167 e. The first-order chi connectivity index (χ1) is 8.31. The number of H-pyrrole nitrogens is 1. The van der Waals surface area contributed by atoms with E-state index in [0.29, 0.717) is 5.92 Å². The number of nitrogens with one attached hydrogen (secondary N) is 1. The van der Waals surface area contributed by atoms with Crippen molar-refractivity contribution in [2.24, 2.45) is 5.73 Å². The first-order valence-corrected chi connectivity index (χ1v) is 7.87. The Hall–Kier alpha value is -0.550. The Morgan fingerprint density at radius 3 is 2.88 bits per heavy atom. The van der Waals surface area contributed by atoms with Crippen molar-refractivity contribution in [1.29, 1.82) is 0 Å². The summed E-state index contributed by atoms with van der Waals surface area (Å²) in [6.07, 6.45) is 9.54. The van der Waals surface area contributed by atoms with E-state index in [1.807, 2.05) is 11.8 Å². The van der Waals surface area contributed by atoms with Gasteiger partial charge in [0.25, 0.3) is 0 Å². The van der Waals surface area contributed by atoms with Crippen LogP contribution in [0.3, 0.4) is 0 Å². The van der Waals surface area contributed by atoms with Crippen molar-refractivity contribution in [2.45, 2.75) is 50.5 Å². The topological polar surface area (TPSA) is 67.6 Å². The zero-order valence-corrected chi connectivity index (χ0v) is 11.3. The molecule has 0 saturated heterocycles. The Kier molecular flexibility index (Phi) is 4.86. The molecule has 1 heterocycles. The van der Waals surface area contributed by atoms with E-state index >= 15 is 0 Å². The molecule has 0 radical (unpaired) electrons. The van der Waals surface area contributed by atoms with Gasteiger partial charge in [-0.2, -0.15) is 16.9 Å². The Bertz CT molecular complexity index is 333. The summed E-state index contributed by atoms with van der Waals surface area (Å²) < 4.78 is 0. The molecule has 2 rings (SSSR count). The first kappa shape index (κ1) is 12.9. The van der Waals surface area contributed by atoms with Gasteiger partial charge < -0.3 is 5.73 Å². The predicted octanol–water partition coefficient (Wildman–Crippen LogP) is 2.61.